The summed E-state index contributed by atoms with van der Waals surface area (Å²) in [6.45, 7) is 0.190. The standard InChI is InChI=1S/C10H7Cl2N3O2/c11-6-1-2-13-7(3-6)4-15-5-8(12)9(16)14-10(15)17/h1-3,5H,4H2,(H,14,16,17). The summed E-state index contributed by atoms with van der Waals surface area (Å²) in [5.74, 6) is 0. The van der Waals surface area contributed by atoms with Gasteiger partial charge in [0.25, 0.3) is 5.56 Å². The number of nitrogens with one attached hydrogen (secondary N) is 1. The van der Waals surface area contributed by atoms with Crippen LogP contribution < -0.4 is 11.2 Å². The van der Waals surface area contributed by atoms with Gasteiger partial charge in [0.2, 0.25) is 0 Å². The van der Waals surface area contributed by atoms with Crippen molar-refractivity contribution in [3.8, 4) is 0 Å². The van der Waals surface area contributed by atoms with Gasteiger partial charge in [-0.3, -0.25) is 19.3 Å². The fourth-order valence-corrected chi connectivity index (χ4v) is 1.66. The van der Waals surface area contributed by atoms with E-state index in [-0.39, 0.29) is 11.6 Å². The molecule has 2 rings (SSSR count). The van der Waals surface area contributed by atoms with Crippen LogP contribution in [0.1, 0.15) is 5.69 Å². The second kappa shape index (κ2) is 4.73. The fourth-order valence-electron chi connectivity index (χ4n) is 1.31. The van der Waals surface area contributed by atoms with Crippen molar-refractivity contribution in [3.63, 3.8) is 0 Å². The highest BCUT2D eigenvalue weighted by Crippen LogP contribution is 2.08. The van der Waals surface area contributed by atoms with E-state index in [0.717, 1.165) is 0 Å². The number of aromatic nitrogens is 3. The Morgan fingerprint density at radius 3 is 2.82 bits per heavy atom. The third-order valence-electron chi connectivity index (χ3n) is 2.08. The first-order chi connectivity index (χ1) is 8.06. The highest BCUT2D eigenvalue weighted by Gasteiger charge is 2.04. The first-order valence-corrected chi connectivity index (χ1v) is 5.41. The van der Waals surface area contributed by atoms with Gasteiger partial charge in [-0.25, -0.2) is 4.79 Å². The minimum Gasteiger partial charge on any atom is -0.293 e. The Morgan fingerprint density at radius 2 is 2.12 bits per heavy atom. The number of nitrogens with zero attached hydrogens (tertiary/aromatic N) is 2. The molecular formula is C10H7Cl2N3O2. The Kier molecular flexibility index (Phi) is 3.31. The quantitative estimate of drug-likeness (QED) is 0.895. The van der Waals surface area contributed by atoms with E-state index in [4.69, 9.17) is 23.2 Å². The molecule has 2 heterocycles. The number of pyridine rings is 1. The number of H-pyrrole nitrogens is 1. The molecule has 7 heteroatoms. The second-order valence-electron chi connectivity index (χ2n) is 3.33. The van der Waals surface area contributed by atoms with Crippen LogP contribution in [0.3, 0.4) is 0 Å². The Bertz CT molecular complexity index is 663. The Labute approximate surface area is 106 Å². The molecule has 0 saturated heterocycles. The van der Waals surface area contributed by atoms with E-state index in [9.17, 15) is 9.59 Å². The minimum absolute atomic E-state index is 0.0494. The molecule has 0 aromatic carbocycles. The number of hydrogen-bond acceptors (Lipinski definition) is 3. The lowest BCUT2D eigenvalue weighted by molar-refractivity contribution is 0.705. The molecule has 0 aliphatic heterocycles. The molecular weight excluding hydrogens is 265 g/mol. The summed E-state index contributed by atoms with van der Waals surface area (Å²) < 4.78 is 1.25. The zero-order chi connectivity index (χ0) is 12.4. The molecule has 0 saturated carbocycles. The predicted molar refractivity (Wildman–Crippen MR) is 64.7 cm³/mol. The second-order valence-corrected chi connectivity index (χ2v) is 4.17. The summed E-state index contributed by atoms with van der Waals surface area (Å²) in [6, 6.07) is 3.26. The van der Waals surface area contributed by atoms with Crippen LogP contribution in [0, 0.1) is 0 Å². The molecule has 0 unspecified atom stereocenters. The maximum absolute atomic E-state index is 11.5. The molecule has 0 amide bonds. The van der Waals surface area contributed by atoms with E-state index >= 15 is 0 Å². The van der Waals surface area contributed by atoms with Crippen molar-refractivity contribution in [3.05, 3.63) is 61.1 Å². The zero-order valence-corrected chi connectivity index (χ0v) is 10.00. The highest BCUT2D eigenvalue weighted by atomic mass is 35.5. The number of hydrogen-bond donors (Lipinski definition) is 1. The van der Waals surface area contributed by atoms with Crippen molar-refractivity contribution in [1.29, 1.82) is 0 Å². The summed E-state index contributed by atoms with van der Waals surface area (Å²) >= 11 is 11.4. The molecule has 88 valence electrons. The largest absolute Gasteiger partial charge is 0.328 e. The molecule has 5 nitrogen and oxygen atoms in total. The molecule has 0 radical (unpaired) electrons. The van der Waals surface area contributed by atoms with Crippen LogP contribution in [0.5, 0.6) is 0 Å². The average molecular weight is 272 g/mol. The fraction of sp³-hybridized carbons (Fsp3) is 0.100. The topological polar surface area (TPSA) is 67.8 Å². The van der Waals surface area contributed by atoms with Crippen LogP contribution in [0.4, 0.5) is 0 Å². The summed E-state index contributed by atoms with van der Waals surface area (Å²) in [6.07, 6.45) is 2.81. The van der Waals surface area contributed by atoms with Crippen LogP contribution in [-0.2, 0) is 6.54 Å². The van der Waals surface area contributed by atoms with Crippen molar-refractivity contribution in [2.24, 2.45) is 0 Å². The van der Waals surface area contributed by atoms with Gasteiger partial charge in [-0.05, 0) is 12.1 Å². The normalized spacial score (nSPS) is 10.5. The molecule has 17 heavy (non-hydrogen) atoms. The van der Waals surface area contributed by atoms with E-state index in [0.29, 0.717) is 10.7 Å². The Balaban J connectivity index is 2.40. The van der Waals surface area contributed by atoms with Gasteiger partial charge in [0.1, 0.15) is 5.02 Å². The smallest absolute Gasteiger partial charge is 0.293 e. The summed E-state index contributed by atoms with van der Waals surface area (Å²) in [5.41, 5.74) is -0.545. The molecule has 0 aliphatic carbocycles. The van der Waals surface area contributed by atoms with Gasteiger partial charge in [-0.2, -0.15) is 0 Å². The summed E-state index contributed by atoms with van der Waals surface area (Å²) in [5, 5.41) is 0.477. The lowest BCUT2D eigenvalue weighted by atomic mass is 10.3. The monoisotopic (exact) mass is 271 g/mol. The van der Waals surface area contributed by atoms with E-state index in [1.54, 1.807) is 12.1 Å². The first kappa shape index (κ1) is 11.9. The minimum atomic E-state index is -0.605. The zero-order valence-electron chi connectivity index (χ0n) is 8.48. The molecule has 0 fully saturated rings. The van der Waals surface area contributed by atoms with Gasteiger partial charge in [0.05, 0.1) is 12.2 Å². The van der Waals surface area contributed by atoms with Crippen molar-refractivity contribution in [2.75, 3.05) is 0 Å². The summed E-state index contributed by atoms with van der Waals surface area (Å²) in [4.78, 5) is 28.7. The van der Waals surface area contributed by atoms with Gasteiger partial charge in [-0.1, -0.05) is 23.2 Å². The van der Waals surface area contributed by atoms with E-state index in [1.165, 1.54) is 17.0 Å². The van der Waals surface area contributed by atoms with Gasteiger partial charge in [0, 0.05) is 17.4 Å². The van der Waals surface area contributed by atoms with Gasteiger partial charge >= 0.3 is 5.69 Å². The van der Waals surface area contributed by atoms with Crippen LogP contribution >= 0.6 is 23.2 Å². The maximum Gasteiger partial charge on any atom is 0.328 e. The van der Waals surface area contributed by atoms with Gasteiger partial charge in [-0.15, -0.1) is 0 Å². The Hall–Kier alpha value is -1.59. The SMILES string of the molecule is O=c1[nH]c(=O)n(Cc2cc(Cl)ccn2)cc1Cl. The van der Waals surface area contributed by atoms with Crippen LogP contribution in [0.15, 0.2) is 34.1 Å². The Morgan fingerprint density at radius 1 is 1.35 bits per heavy atom. The molecule has 0 aliphatic rings. The van der Waals surface area contributed by atoms with E-state index in [2.05, 4.69) is 9.97 Å². The van der Waals surface area contributed by atoms with Gasteiger partial charge < -0.3 is 0 Å². The maximum atomic E-state index is 11.5. The van der Waals surface area contributed by atoms with Crippen molar-refractivity contribution >= 4 is 23.2 Å². The molecule has 2 aromatic heterocycles. The van der Waals surface area contributed by atoms with Crippen molar-refractivity contribution in [1.82, 2.24) is 14.5 Å². The highest BCUT2D eigenvalue weighted by molar-refractivity contribution is 6.30. The molecule has 2 aromatic rings. The van der Waals surface area contributed by atoms with Crippen molar-refractivity contribution < 1.29 is 0 Å². The molecule has 0 atom stereocenters. The van der Waals surface area contributed by atoms with Crippen LogP contribution in [-0.4, -0.2) is 14.5 Å². The summed E-state index contributed by atoms with van der Waals surface area (Å²) in [7, 11) is 0. The number of aromatic amines is 1. The average Bonchev–Trinajstić information content (AvgIpc) is 2.26. The number of rotatable bonds is 2. The van der Waals surface area contributed by atoms with Crippen LogP contribution in [0.2, 0.25) is 10.0 Å². The third-order valence-corrected chi connectivity index (χ3v) is 2.58. The molecule has 0 spiro atoms. The number of halogens is 2. The van der Waals surface area contributed by atoms with Gasteiger partial charge in [0.15, 0.2) is 0 Å². The molecule has 1 N–H and O–H groups in total. The van der Waals surface area contributed by atoms with Crippen molar-refractivity contribution in [2.45, 2.75) is 6.54 Å². The van der Waals surface area contributed by atoms with Crippen LogP contribution in [0.25, 0.3) is 0 Å². The lowest BCUT2D eigenvalue weighted by Gasteiger charge is -2.04. The van der Waals surface area contributed by atoms with E-state index < -0.39 is 11.2 Å². The van der Waals surface area contributed by atoms with E-state index in [1.807, 2.05) is 0 Å². The predicted octanol–water partition coefficient (Wildman–Crippen LogP) is 1.29. The molecule has 0 bridgehead atoms. The third kappa shape index (κ3) is 2.75. The first-order valence-electron chi connectivity index (χ1n) is 4.66. The lowest BCUT2D eigenvalue weighted by Crippen LogP contribution is -2.30.